The standard InChI is InChI=1S/C22H24ClN5O/c1-3-19-25-15(2)28(27-19)12-11-22(16-7-5-4-6-8-16)13-18(22)21(29)26-20-10-9-17(23)14-24-20/h4-10,14,18H,3,11-13H2,1-2H3,(H,24,26,29)/t18-,22-/m0/s1. The maximum Gasteiger partial charge on any atom is 0.229 e. The third-order valence-corrected chi connectivity index (χ3v) is 5.93. The Morgan fingerprint density at radius 2 is 2.07 bits per heavy atom. The lowest BCUT2D eigenvalue weighted by atomic mass is 9.89. The molecule has 0 unspecified atom stereocenters. The summed E-state index contributed by atoms with van der Waals surface area (Å²) >= 11 is 5.88. The SMILES string of the molecule is CCc1nc(C)n(CC[C@@]2(c3ccccc3)C[C@H]2C(=O)Nc2ccc(Cl)cn2)n1. The summed E-state index contributed by atoms with van der Waals surface area (Å²) in [6, 6.07) is 13.7. The number of anilines is 1. The van der Waals surface area contributed by atoms with Crippen molar-refractivity contribution in [1.82, 2.24) is 19.7 Å². The predicted octanol–water partition coefficient (Wildman–Crippen LogP) is 4.18. The summed E-state index contributed by atoms with van der Waals surface area (Å²) in [6.45, 7) is 4.76. The number of halogens is 1. The Kier molecular flexibility index (Phi) is 5.37. The van der Waals surface area contributed by atoms with Gasteiger partial charge in [0.25, 0.3) is 0 Å². The molecule has 29 heavy (non-hydrogen) atoms. The normalized spacial score (nSPS) is 20.4. The highest BCUT2D eigenvalue weighted by Gasteiger charge is 2.58. The highest BCUT2D eigenvalue weighted by atomic mass is 35.5. The molecule has 1 N–H and O–H groups in total. The van der Waals surface area contributed by atoms with Crippen LogP contribution in [0, 0.1) is 12.8 Å². The summed E-state index contributed by atoms with van der Waals surface area (Å²) in [4.78, 5) is 21.6. The number of aryl methyl sites for hydroxylation is 3. The van der Waals surface area contributed by atoms with Crippen LogP contribution in [0.15, 0.2) is 48.7 Å². The molecule has 1 fully saturated rings. The quantitative estimate of drug-likeness (QED) is 0.635. The van der Waals surface area contributed by atoms with Gasteiger partial charge in [-0.15, -0.1) is 0 Å². The van der Waals surface area contributed by atoms with Crippen molar-refractivity contribution in [3.63, 3.8) is 0 Å². The zero-order valence-electron chi connectivity index (χ0n) is 16.6. The van der Waals surface area contributed by atoms with Crippen LogP contribution in [-0.4, -0.2) is 25.7 Å². The van der Waals surface area contributed by atoms with Gasteiger partial charge in [0.15, 0.2) is 5.82 Å². The van der Waals surface area contributed by atoms with Gasteiger partial charge in [-0.1, -0.05) is 48.9 Å². The summed E-state index contributed by atoms with van der Waals surface area (Å²) in [5.74, 6) is 2.19. The molecule has 2 atom stereocenters. The molecule has 0 bridgehead atoms. The number of rotatable bonds is 7. The van der Waals surface area contributed by atoms with Crippen LogP contribution in [0.3, 0.4) is 0 Å². The number of carbonyl (C=O) groups is 1. The molecule has 150 valence electrons. The lowest BCUT2D eigenvalue weighted by molar-refractivity contribution is -0.117. The summed E-state index contributed by atoms with van der Waals surface area (Å²) in [5.41, 5.74) is 1.00. The molecule has 2 heterocycles. The van der Waals surface area contributed by atoms with Crippen LogP contribution < -0.4 is 5.32 Å². The molecule has 1 aliphatic carbocycles. The molecule has 1 aromatic carbocycles. The minimum absolute atomic E-state index is 0.00626. The van der Waals surface area contributed by atoms with E-state index in [-0.39, 0.29) is 17.2 Å². The average molecular weight is 410 g/mol. The first-order valence-corrected chi connectivity index (χ1v) is 10.3. The van der Waals surface area contributed by atoms with Crippen LogP contribution in [0.2, 0.25) is 5.02 Å². The maximum atomic E-state index is 13.0. The van der Waals surface area contributed by atoms with Crippen LogP contribution in [0.5, 0.6) is 0 Å². The van der Waals surface area contributed by atoms with Crippen molar-refractivity contribution in [1.29, 1.82) is 0 Å². The lowest BCUT2D eigenvalue weighted by Gasteiger charge is -2.18. The Bertz CT molecular complexity index is 1000. The number of nitrogens with one attached hydrogen (secondary N) is 1. The van der Waals surface area contributed by atoms with Crippen molar-refractivity contribution in [2.24, 2.45) is 5.92 Å². The van der Waals surface area contributed by atoms with Gasteiger partial charge in [0.05, 0.1) is 5.02 Å². The number of hydrogen-bond acceptors (Lipinski definition) is 4. The highest BCUT2D eigenvalue weighted by molar-refractivity contribution is 6.30. The van der Waals surface area contributed by atoms with E-state index in [1.54, 1.807) is 12.1 Å². The molecular formula is C22H24ClN5O. The molecule has 0 spiro atoms. The van der Waals surface area contributed by atoms with Crippen LogP contribution in [0.1, 0.15) is 37.0 Å². The first kappa shape index (κ1) is 19.6. The Morgan fingerprint density at radius 1 is 1.28 bits per heavy atom. The van der Waals surface area contributed by atoms with E-state index in [2.05, 4.69) is 39.4 Å². The van der Waals surface area contributed by atoms with E-state index in [9.17, 15) is 4.79 Å². The minimum Gasteiger partial charge on any atom is -0.310 e. The van der Waals surface area contributed by atoms with E-state index in [4.69, 9.17) is 11.6 Å². The van der Waals surface area contributed by atoms with Crippen molar-refractivity contribution in [3.8, 4) is 0 Å². The van der Waals surface area contributed by atoms with Gasteiger partial charge in [-0.3, -0.25) is 9.48 Å². The summed E-state index contributed by atoms with van der Waals surface area (Å²) in [5, 5.41) is 8.06. The molecule has 4 rings (SSSR count). The molecule has 3 aromatic rings. The second kappa shape index (κ2) is 7.95. The second-order valence-corrected chi connectivity index (χ2v) is 7.97. The monoisotopic (exact) mass is 409 g/mol. The van der Waals surface area contributed by atoms with Gasteiger partial charge < -0.3 is 5.32 Å². The third-order valence-electron chi connectivity index (χ3n) is 5.71. The molecule has 0 aliphatic heterocycles. The average Bonchev–Trinajstić information content (AvgIpc) is 3.38. The summed E-state index contributed by atoms with van der Waals surface area (Å²) in [6.07, 6.45) is 3.99. The molecule has 1 aliphatic rings. The van der Waals surface area contributed by atoms with Gasteiger partial charge in [-0.25, -0.2) is 9.97 Å². The first-order valence-electron chi connectivity index (χ1n) is 9.90. The Balaban J connectivity index is 1.52. The molecule has 1 saturated carbocycles. The predicted molar refractivity (Wildman–Crippen MR) is 113 cm³/mol. The van der Waals surface area contributed by atoms with Crippen molar-refractivity contribution in [3.05, 3.63) is 70.9 Å². The van der Waals surface area contributed by atoms with E-state index < -0.39 is 0 Å². The van der Waals surface area contributed by atoms with Crippen LogP contribution in [0.25, 0.3) is 0 Å². The molecule has 2 aromatic heterocycles. The number of benzene rings is 1. The second-order valence-electron chi connectivity index (χ2n) is 7.53. The van der Waals surface area contributed by atoms with Crippen molar-refractivity contribution in [2.75, 3.05) is 5.32 Å². The summed E-state index contributed by atoms with van der Waals surface area (Å²) < 4.78 is 1.96. The molecule has 7 heteroatoms. The largest absolute Gasteiger partial charge is 0.310 e. The minimum atomic E-state index is -0.192. The fourth-order valence-corrected chi connectivity index (χ4v) is 4.08. The van der Waals surface area contributed by atoms with Crippen molar-refractivity contribution >= 4 is 23.3 Å². The van der Waals surface area contributed by atoms with Gasteiger partial charge in [0.1, 0.15) is 11.6 Å². The summed E-state index contributed by atoms with van der Waals surface area (Å²) in [7, 11) is 0. The van der Waals surface area contributed by atoms with Gasteiger partial charge in [-0.05, 0) is 37.5 Å². The maximum absolute atomic E-state index is 13.0. The Labute approximate surface area is 175 Å². The molecule has 6 nitrogen and oxygen atoms in total. The lowest BCUT2D eigenvalue weighted by Crippen LogP contribution is -2.23. The van der Waals surface area contributed by atoms with Crippen LogP contribution >= 0.6 is 11.6 Å². The van der Waals surface area contributed by atoms with Crippen LogP contribution in [-0.2, 0) is 23.2 Å². The zero-order valence-corrected chi connectivity index (χ0v) is 17.4. The number of nitrogens with zero attached hydrogens (tertiary/aromatic N) is 4. The number of pyridine rings is 1. The molecule has 0 saturated heterocycles. The van der Waals surface area contributed by atoms with Gasteiger partial charge >= 0.3 is 0 Å². The van der Waals surface area contributed by atoms with Crippen molar-refractivity contribution < 1.29 is 4.79 Å². The van der Waals surface area contributed by atoms with Crippen LogP contribution in [0.4, 0.5) is 5.82 Å². The first-order chi connectivity index (χ1) is 14.0. The van der Waals surface area contributed by atoms with E-state index in [0.717, 1.165) is 37.5 Å². The zero-order chi connectivity index (χ0) is 20.4. The van der Waals surface area contributed by atoms with E-state index in [0.29, 0.717) is 10.8 Å². The van der Waals surface area contributed by atoms with E-state index in [1.807, 2.05) is 29.8 Å². The van der Waals surface area contributed by atoms with Gasteiger partial charge in [0, 0.05) is 30.5 Å². The number of aromatic nitrogens is 4. The number of hydrogen-bond donors (Lipinski definition) is 1. The Morgan fingerprint density at radius 3 is 2.72 bits per heavy atom. The smallest absolute Gasteiger partial charge is 0.229 e. The van der Waals surface area contributed by atoms with Crippen molar-refractivity contribution in [2.45, 2.75) is 45.1 Å². The highest BCUT2D eigenvalue weighted by Crippen LogP contribution is 2.57. The third kappa shape index (κ3) is 4.03. The Hall–Kier alpha value is -2.73. The molecule has 0 radical (unpaired) electrons. The fraction of sp³-hybridized carbons (Fsp3) is 0.364. The number of amides is 1. The number of carbonyl (C=O) groups excluding carboxylic acids is 1. The van der Waals surface area contributed by atoms with E-state index in [1.165, 1.54) is 11.8 Å². The fourth-order valence-electron chi connectivity index (χ4n) is 3.97. The van der Waals surface area contributed by atoms with Gasteiger partial charge in [-0.2, -0.15) is 5.10 Å². The van der Waals surface area contributed by atoms with E-state index >= 15 is 0 Å². The molecular weight excluding hydrogens is 386 g/mol. The van der Waals surface area contributed by atoms with Gasteiger partial charge in [0.2, 0.25) is 5.91 Å². The topological polar surface area (TPSA) is 72.7 Å². The molecule has 1 amide bonds.